The Morgan fingerprint density at radius 2 is 1.83 bits per heavy atom. The maximum Gasteiger partial charge on any atom is 0.255 e. The van der Waals surface area contributed by atoms with Crippen LogP contribution in [0, 0.1) is 0 Å². The summed E-state index contributed by atoms with van der Waals surface area (Å²) < 4.78 is 10.7. The predicted octanol–water partition coefficient (Wildman–Crippen LogP) is 1.90. The molecule has 7 nitrogen and oxygen atoms in total. The number of primary amides is 1. The Morgan fingerprint density at radius 3 is 2.52 bits per heavy atom. The summed E-state index contributed by atoms with van der Waals surface area (Å²) in [6, 6.07) is 15.6. The van der Waals surface area contributed by atoms with Crippen LogP contribution in [0.4, 0.5) is 0 Å². The lowest BCUT2D eigenvalue weighted by Crippen LogP contribution is -2.38. The minimum Gasteiger partial charge on any atom is -0.496 e. The summed E-state index contributed by atoms with van der Waals surface area (Å²) >= 11 is 0. The third-order valence-electron chi connectivity index (χ3n) is 4.20. The van der Waals surface area contributed by atoms with E-state index < -0.39 is 5.91 Å². The number of hydrogen-bond donors (Lipinski definition) is 3. The van der Waals surface area contributed by atoms with E-state index in [1.165, 1.54) is 0 Å². The fourth-order valence-electron chi connectivity index (χ4n) is 2.77. The number of rotatable bonds is 11. The van der Waals surface area contributed by atoms with Gasteiger partial charge >= 0.3 is 0 Å². The number of methoxy groups -OCH3 is 1. The molecule has 7 heteroatoms. The highest BCUT2D eigenvalue weighted by Crippen LogP contribution is 2.17. The van der Waals surface area contributed by atoms with Crippen LogP contribution in [0.25, 0.3) is 0 Å². The van der Waals surface area contributed by atoms with Crippen molar-refractivity contribution in [3.05, 3.63) is 59.7 Å². The molecule has 0 saturated heterocycles. The molecule has 156 valence electrons. The number of amides is 1. The highest BCUT2D eigenvalue weighted by atomic mass is 16.5. The van der Waals surface area contributed by atoms with Gasteiger partial charge in [0.1, 0.15) is 11.5 Å². The summed E-state index contributed by atoms with van der Waals surface area (Å²) in [6.07, 6.45) is 1.65. The third kappa shape index (κ3) is 8.13. The lowest BCUT2D eigenvalue weighted by molar-refractivity contribution is -0.119. The molecule has 0 atom stereocenters. The molecule has 0 aliphatic rings. The van der Waals surface area contributed by atoms with Crippen molar-refractivity contribution in [1.29, 1.82) is 0 Å². The van der Waals surface area contributed by atoms with E-state index in [9.17, 15) is 4.79 Å². The van der Waals surface area contributed by atoms with Gasteiger partial charge in [-0.3, -0.25) is 9.79 Å². The first-order valence-corrected chi connectivity index (χ1v) is 9.76. The Bertz CT molecular complexity index is 791. The van der Waals surface area contributed by atoms with E-state index in [2.05, 4.69) is 21.7 Å². The number of nitrogens with zero attached hydrogens (tertiary/aromatic N) is 1. The van der Waals surface area contributed by atoms with Crippen molar-refractivity contribution in [2.75, 3.05) is 33.4 Å². The Morgan fingerprint density at radius 1 is 1.07 bits per heavy atom. The average Bonchev–Trinajstić information content (AvgIpc) is 2.73. The largest absolute Gasteiger partial charge is 0.496 e. The standard InChI is InChI=1S/C22H30N4O3/c1-3-24-22(26-15-13-18-6-4-5-7-20(18)28-2)25-14-12-17-8-10-19(11-9-17)29-16-21(23)27/h4-11H,3,12-16H2,1-2H3,(H2,23,27)(H2,24,25,26). The van der Waals surface area contributed by atoms with Gasteiger partial charge in [-0.2, -0.15) is 0 Å². The molecule has 0 aromatic heterocycles. The molecule has 29 heavy (non-hydrogen) atoms. The normalized spacial score (nSPS) is 11.0. The SMILES string of the molecule is CCNC(=NCCc1ccccc1OC)NCCc1ccc(OCC(N)=O)cc1. The van der Waals surface area contributed by atoms with Crippen molar-refractivity contribution in [2.24, 2.45) is 10.7 Å². The van der Waals surface area contributed by atoms with Gasteiger partial charge in [0.25, 0.3) is 5.91 Å². The van der Waals surface area contributed by atoms with Gasteiger partial charge in [-0.05, 0) is 49.1 Å². The molecule has 0 bridgehead atoms. The fraction of sp³-hybridized carbons (Fsp3) is 0.364. The summed E-state index contributed by atoms with van der Waals surface area (Å²) in [6.45, 7) is 4.15. The number of nitrogens with one attached hydrogen (secondary N) is 2. The number of ether oxygens (including phenoxy) is 2. The van der Waals surface area contributed by atoms with Crippen LogP contribution in [0.3, 0.4) is 0 Å². The van der Waals surface area contributed by atoms with E-state index in [1.54, 1.807) is 7.11 Å². The molecule has 2 rings (SSSR count). The van der Waals surface area contributed by atoms with Crippen LogP contribution in [0.2, 0.25) is 0 Å². The van der Waals surface area contributed by atoms with E-state index in [0.29, 0.717) is 12.3 Å². The monoisotopic (exact) mass is 398 g/mol. The zero-order valence-electron chi connectivity index (χ0n) is 17.1. The minimum absolute atomic E-state index is 0.113. The molecule has 2 aromatic carbocycles. The van der Waals surface area contributed by atoms with Crippen LogP contribution in [-0.2, 0) is 17.6 Å². The Hall–Kier alpha value is -3.22. The van der Waals surface area contributed by atoms with Crippen LogP contribution in [0.5, 0.6) is 11.5 Å². The number of benzene rings is 2. The maximum atomic E-state index is 10.8. The van der Waals surface area contributed by atoms with Crippen molar-refractivity contribution in [1.82, 2.24) is 10.6 Å². The first-order valence-electron chi connectivity index (χ1n) is 9.76. The number of para-hydroxylation sites is 1. The number of aliphatic imine (C=N–C) groups is 1. The second-order valence-corrected chi connectivity index (χ2v) is 6.40. The van der Waals surface area contributed by atoms with E-state index in [0.717, 1.165) is 48.8 Å². The van der Waals surface area contributed by atoms with Gasteiger partial charge in [0.05, 0.1) is 7.11 Å². The molecule has 0 heterocycles. The van der Waals surface area contributed by atoms with Gasteiger partial charge in [0, 0.05) is 19.6 Å². The van der Waals surface area contributed by atoms with Crippen molar-refractivity contribution in [2.45, 2.75) is 19.8 Å². The summed E-state index contributed by atoms with van der Waals surface area (Å²) in [4.78, 5) is 15.4. The molecule has 0 aliphatic carbocycles. The highest BCUT2D eigenvalue weighted by molar-refractivity contribution is 5.79. The third-order valence-corrected chi connectivity index (χ3v) is 4.20. The second-order valence-electron chi connectivity index (χ2n) is 6.40. The van der Waals surface area contributed by atoms with Crippen LogP contribution >= 0.6 is 0 Å². The number of carbonyl (C=O) groups is 1. The Kier molecular flexibility index (Phi) is 9.35. The summed E-state index contributed by atoms with van der Waals surface area (Å²) in [7, 11) is 1.68. The summed E-state index contributed by atoms with van der Waals surface area (Å²) in [5, 5.41) is 6.62. The predicted molar refractivity (Wildman–Crippen MR) is 116 cm³/mol. The van der Waals surface area contributed by atoms with Crippen LogP contribution in [0.1, 0.15) is 18.1 Å². The topological polar surface area (TPSA) is 98.0 Å². The smallest absolute Gasteiger partial charge is 0.255 e. The molecule has 2 aromatic rings. The first kappa shape index (κ1) is 22.1. The van der Waals surface area contributed by atoms with Crippen LogP contribution in [0.15, 0.2) is 53.5 Å². The number of guanidine groups is 1. The van der Waals surface area contributed by atoms with Gasteiger partial charge in [-0.25, -0.2) is 0 Å². The fourth-order valence-corrected chi connectivity index (χ4v) is 2.77. The van der Waals surface area contributed by atoms with Crippen molar-refractivity contribution in [3.63, 3.8) is 0 Å². The van der Waals surface area contributed by atoms with Gasteiger partial charge in [-0.1, -0.05) is 30.3 Å². The molecule has 0 unspecified atom stereocenters. The van der Waals surface area contributed by atoms with Crippen LogP contribution in [-0.4, -0.2) is 45.2 Å². The van der Waals surface area contributed by atoms with E-state index in [-0.39, 0.29) is 6.61 Å². The zero-order chi connectivity index (χ0) is 20.9. The molecule has 0 fully saturated rings. The van der Waals surface area contributed by atoms with Crippen LogP contribution < -0.4 is 25.8 Å². The van der Waals surface area contributed by atoms with Gasteiger partial charge in [-0.15, -0.1) is 0 Å². The Labute approximate surface area is 172 Å². The molecule has 0 saturated carbocycles. The van der Waals surface area contributed by atoms with Gasteiger partial charge in [0.15, 0.2) is 12.6 Å². The van der Waals surface area contributed by atoms with Crippen molar-refractivity contribution in [3.8, 4) is 11.5 Å². The van der Waals surface area contributed by atoms with Crippen molar-refractivity contribution < 1.29 is 14.3 Å². The lowest BCUT2D eigenvalue weighted by Gasteiger charge is -2.12. The molecule has 0 spiro atoms. The van der Waals surface area contributed by atoms with Gasteiger partial charge < -0.3 is 25.8 Å². The molecule has 0 aliphatic heterocycles. The highest BCUT2D eigenvalue weighted by Gasteiger charge is 2.03. The minimum atomic E-state index is -0.487. The van der Waals surface area contributed by atoms with E-state index in [1.807, 2.05) is 49.4 Å². The number of carbonyl (C=O) groups excluding carboxylic acids is 1. The Balaban J connectivity index is 1.80. The average molecular weight is 399 g/mol. The van der Waals surface area contributed by atoms with E-state index in [4.69, 9.17) is 15.2 Å². The lowest BCUT2D eigenvalue weighted by atomic mass is 10.1. The quantitative estimate of drug-likeness (QED) is 0.397. The molecule has 1 amide bonds. The molecular weight excluding hydrogens is 368 g/mol. The van der Waals surface area contributed by atoms with Crippen molar-refractivity contribution >= 4 is 11.9 Å². The second kappa shape index (κ2) is 12.3. The first-order chi connectivity index (χ1) is 14.1. The molecule has 0 radical (unpaired) electrons. The summed E-state index contributed by atoms with van der Waals surface area (Å²) in [5.74, 6) is 1.83. The number of hydrogen-bond acceptors (Lipinski definition) is 4. The van der Waals surface area contributed by atoms with E-state index >= 15 is 0 Å². The maximum absolute atomic E-state index is 10.8. The van der Waals surface area contributed by atoms with Gasteiger partial charge in [0.2, 0.25) is 0 Å². The molecular formula is C22H30N4O3. The number of nitrogens with two attached hydrogens (primary N) is 1. The zero-order valence-corrected chi connectivity index (χ0v) is 17.1. The molecule has 4 N–H and O–H groups in total. The summed E-state index contributed by atoms with van der Waals surface area (Å²) in [5.41, 5.74) is 7.38.